The molecule has 3 heterocycles. The van der Waals surface area contributed by atoms with Crippen LogP contribution in [0.25, 0.3) is 0 Å². The van der Waals surface area contributed by atoms with E-state index in [2.05, 4.69) is 9.88 Å². The van der Waals surface area contributed by atoms with E-state index in [1.54, 1.807) is 31.1 Å². The normalized spacial score (nSPS) is 20.9. The predicted octanol–water partition coefficient (Wildman–Crippen LogP) is 2.81. The van der Waals surface area contributed by atoms with Gasteiger partial charge in [-0.15, -0.1) is 0 Å². The Morgan fingerprint density at radius 3 is 2.63 bits per heavy atom. The van der Waals surface area contributed by atoms with Gasteiger partial charge in [0.25, 0.3) is 0 Å². The molecule has 1 aromatic heterocycles. The number of hydrogen-bond donors (Lipinski definition) is 1. The zero-order chi connectivity index (χ0) is 25.4. The molecule has 8 nitrogen and oxygen atoms in total. The fourth-order valence-corrected chi connectivity index (χ4v) is 4.83. The summed E-state index contributed by atoms with van der Waals surface area (Å²) in [6.07, 6.45) is -2.26. The first-order chi connectivity index (χ1) is 16.5. The van der Waals surface area contributed by atoms with E-state index in [1.165, 1.54) is 11.0 Å². The molecule has 35 heavy (non-hydrogen) atoms. The second kappa shape index (κ2) is 9.73. The second-order valence-corrected chi connectivity index (χ2v) is 9.53. The largest absolute Gasteiger partial charge is 0.417 e. The predicted molar refractivity (Wildman–Crippen MR) is 126 cm³/mol. The molecule has 2 fully saturated rings. The maximum atomic E-state index is 13.5. The monoisotopic (exact) mass is 508 g/mol. The van der Waals surface area contributed by atoms with Crippen LogP contribution in [0.4, 0.5) is 18.9 Å². The highest BCUT2D eigenvalue weighted by Crippen LogP contribution is 2.39. The molecule has 0 amide bonds. The van der Waals surface area contributed by atoms with Gasteiger partial charge < -0.3 is 19.3 Å². The number of benzene rings is 1. The molecule has 0 bridgehead atoms. The molecule has 2 saturated heterocycles. The number of hydrogen-bond acceptors (Lipinski definition) is 6. The lowest BCUT2D eigenvalue weighted by Crippen LogP contribution is -2.46. The van der Waals surface area contributed by atoms with Crippen LogP contribution in [0.1, 0.15) is 30.7 Å². The molecular weight excluding hydrogens is 481 g/mol. The number of thiocarbonyl (C=S) groups is 1. The van der Waals surface area contributed by atoms with Gasteiger partial charge >= 0.3 is 6.18 Å². The fraction of sp³-hybridized carbons (Fsp3) is 0.522. The molecule has 1 unspecified atom stereocenters. The highest BCUT2D eigenvalue weighted by molar-refractivity contribution is 7.80. The Hall–Kier alpha value is -2.72. The third-order valence-electron chi connectivity index (χ3n) is 6.50. The summed E-state index contributed by atoms with van der Waals surface area (Å²) in [7, 11) is 0. The first kappa shape index (κ1) is 25.4. The summed E-state index contributed by atoms with van der Waals surface area (Å²) in [6.45, 7) is 8.74. The molecule has 12 heteroatoms. The average molecular weight is 509 g/mol. The van der Waals surface area contributed by atoms with Crippen LogP contribution >= 0.6 is 12.2 Å². The van der Waals surface area contributed by atoms with Crippen LogP contribution < -0.4 is 4.90 Å². The van der Waals surface area contributed by atoms with Crippen molar-refractivity contribution in [1.29, 1.82) is 5.26 Å². The van der Waals surface area contributed by atoms with E-state index < -0.39 is 29.1 Å². The number of ether oxygens (including phenoxy) is 1. The van der Waals surface area contributed by atoms with Crippen molar-refractivity contribution in [3.8, 4) is 6.07 Å². The van der Waals surface area contributed by atoms with Crippen molar-refractivity contribution >= 4 is 23.0 Å². The molecular formula is C23H27F3N6O2S. The van der Waals surface area contributed by atoms with Crippen molar-refractivity contribution in [2.45, 2.75) is 44.9 Å². The van der Waals surface area contributed by atoms with E-state index in [1.807, 2.05) is 10.8 Å². The molecule has 1 atom stereocenters. The minimum Gasteiger partial charge on any atom is -0.379 e. The average Bonchev–Trinajstić information content (AvgIpc) is 3.34. The van der Waals surface area contributed by atoms with Gasteiger partial charge in [0.2, 0.25) is 0 Å². The number of nitrogens with zero attached hydrogens (tertiary/aromatic N) is 6. The molecule has 2 aromatic rings. The topological polar surface area (TPSA) is 80.8 Å². The standard InChI is InChI=1S/C23H27F3N6O2S/c1-22(2)20(33)32(18-4-3-16(12-27)19(11-18)23(24,25)26)21(35)31(22)14-17-13-30(15-28-17)6-5-29-7-9-34-10-8-29/h3-4,11,13,15,20,33H,5-10,14H2,1-2H3. The van der Waals surface area contributed by atoms with Gasteiger partial charge in [-0.2, -0.15) is 18.4 Å². The first-order valence-corrected chi connectivity index (χ1v) is 11.6. The van der Waals surface area contributed by atoms with Gasteiger partial charge in [0, 0.05) is 38.1 Å². The number of imidazole rings is 1. The first-order valence-electron chi connectivity index (χ1n) is 11.2. The van der Waals surface area contributed by atoms with Crippen LogP contribution in [-0.4, -0.2) is 74.2 Å². The summed E-state index contributed by atoms with van der Waals surface area (Å²) in [5.41, 5.74) is -1.66. The Morgan fingerprint density at radius 1 is 1.26 bits per heavy atom. The number of aromatic nitrogens is 2. The Labute approximate surface area is 207 Å². The van der Waals surface area contributed by atoms with Crippen LogP contribution in [0.15, 0.2) is 30.7 Å². The Kier molecular flexibility index (Phi) is 7.06. The maximum absolute atomic E-state index is 13.5. The molecule has 2 aliphatic heterocycles. The summed E-state index contributed by atoms with van der Waals surface area (Å²) in [6, 6.07) is 4.89. The summed E-state index contributed by atoms with van der Waals surface area (Å²) in [5.74, 6) is 0. The number of aliphatic hydroxyl groups is 1. The summed E-state index contributed by atoms with van der Waals surface area (Å²) in [4.78, 5) is 9.84. The summed E-state index contributed by atoms with van der Waals surface area (Å²) in [5, 5.41) is 20.3. The molecule has 1 aromatic carbocycles. The smallest absolute Gasteiger partial charge is 0.379 e. The number of nitriles is 1. The number of anilines is 1. The van der Waals surface area contributed by atoms with E-state index >= 15 is 0 Å². The third kappa shape index (κ3) is 5.13. The van der Waals surface area contributed by atoms with Gasteiger partial charge in [-0.05, 0) is 44.3 Å². The minimum absolute atomic E-state index is 0.0699. The molecule has 1 N–H and O–H groups in total. The Bertz CT molecular complexity index is 1120. The lowest BCUT2D eigenvalue weighted by atomic mass is 10.0. The molecule has 0 spiro atoms. The zero-order valence-corrected chi connectivity index (χ0v) is 20.3. The fourth-order valence-electron chi connectivity index (χ4n) is 4.33. The van der Waals surface area contributed by atoms with Gasteiger partial charge in [0.15, 0.2) is 11.3 Å². The van der Waals surface area contributed by atoms with Crippen LogP contribution in [0.2, 0.25) is 0 Å². The van der Waals surface area contributed by atoms with E-state index in [9.17, 15) is 18.3 Å². The lowest BCUT2D eigenvalue weighted by Gasteiger charge is -2.32. The van der Waals surface area contributed by atoms with Crippen LogP contribution in [-0.2, 0) is 24.0 Å². The van der Waals surface area contributed by atoms with Crippen molar-refractivity contribution in [1.82, 2.24) is 19.4 Å². The van der Waals surface area contributed by atoms with Crippen molar-refractivity contribution in [3.63, 3.8) is 0 Å². The quantitative estimate of drug-likeness (QED) is 0.597. The molecule has 0 saturated carbocycles. The van der Waals surface area contributed by atoms with Crippen molar-refractivity contribution in [2.24, 2.45) is 0 Å². The van der Waals surface area contributed by atoms with Crippen molar-refractivity contribution in [2.75, 3.05) is 37.7 Å². The highest BCUT2D eigenvalue weighted by Gasteiger charge is 2.49. The van der Waals surface area contributed by atoms with E-state index in [0.717, 1.165) is 57.2 Å². The number of morpholine rings is 1. The SMILES string of the molecule is CC1(C)C(O)N(c2ccc(C#N)c(C(F)(F)F)c2)C(=S)N1Cc1cn(CCN2CCOCC2)cn1. The minimum atomic E-state index is -4.71. The lowest BCUT2D eigenvalue weighted by molar-refractivity contribution is -0.137. The van der Waals surface area contributed by atoms with Gasteiger partial charge in [-0.1, -0.05) is 0 Å². The molecule has 0 radical (unpaired) electrons. The highest BCUT2D eigenvalue weighted by atomic mass is 32.1. The molecule has 2 aliphatic rings. The third-order valence-corrected chi connectivity index (χ3v) is 6.92. The van der Waals surface area contributed by atoms with Crippen LogP contribution in [0.5, 0.6) is 0 Å². The van der Waals surface area contributed by atoms with Gasteiger partial charge in [-0.25, -0.2) is 4.98 Å². The molecule has 0 aliphatic carbocycles. The maximum Gasteiger partial charge on any atom is 0.417 e. The van der Waals surface area contributed by atoms with Gasteiger partial charge in [-0.3, -0.25) is 9.80 Å². The van der Waals surface area contributed by atoms with E-state index in [0.29, 0.717) is 0 Å². The van der Waals surface area contributed by atoms with E-state index in [-0.39, 0.29) is 17.3 Å². The number of alkyl halides is 3. The van der Waals surface area contributed by atoms with Crippen LogP contribution in [0.3, 0.4) is 0 Å². The Balaban J connectivity index is 1.51. The number of halogens is 3. The molecule has 188 valence electrons. The van der Waals surface area contributed by atoms with Crippen molar-refractivity contribution in [3.05, 3.63) is 47.5 Å². The Morgan fingerprint density at radius 2 is 1.97 bits per heavy atom. The van der Waals surface area contributed by atoms with E-state index in [4.69, 9.17) is 22.2 Å². The van der Waals surface area contributed by atoms with Crippen molar-refractivity contribution < 1.29 is 23.0 Å². The molecule has 4 rings (SSSR count). The summed E-state index contributed by atoms with van der Waals surface area (Å²) >= 11 is 5.60. The van der Waals surface area contributed by atoms with Gasteiger partial charge in [0.05, 0.1) is 54.5 Å². The zero-order valence-electron chi connectivity index (χ0n) is 19.5. The second-order valence-electron chi connectivity index (χ2n) is 9.16. The number of aliphatic hydroxyl groups excluding tert-OH is 1. The van der Waals surface area contributed by atoms with Crippen LogP contribution in [0, 0.1) is 11.3 Å². The van der Waals surface area contributed by atoms with Gasteiger partial charge in [0.1, 0.15) is 0 Å². The number of rotatable bonds is 6. The summed E-state index contributed by atoms with van der Waals surface area (Å²) < 4.78 is 47.9.